The zero-order chi connectivity index (χ0) is 32.1. The highest BCUT2D eigenvalue weighted by atomic mass is 17.3. The van der Waals surface area contributed by atoms with Crippen LogP contribution >= 0.6 is 0 Å². The van der Waals surface area contributed by atoms with Crippen molar-refractivity contribution in [2.75, 3.05) is 6.54 Å². The number of aliphatic hydroxyl groups is 1. The molecule has 12 nitrogen and oxygen atoms in total. The molecule has 0 saturated carbocycles. The fourth-order valence-corrected chi connectivity index (χ4v) is 6.58. The van der Waals surface area contributed by atoms with Crippen molar-refractivity contribution in [2.24, 2.45) is 5.92 Å². The Hall–Kier alpha value is -3.64. The van der Waals surface area contributed by atoms with Crippen molar-refractivity contribution in [1.29, 1.82) is 0 Å². The van der Waals surface area contributed by atoms with Crippen molar-refractivity contribution in [3.8, 4) is 0 Å². The van der Waals surface area contributed by atoms with E-state index >= 15 is 0 Å². The summed E-state index contributed by atoms with van der Waals surface area (Å²) in [6.45, 7) is 5.83. The van der Waals surface area contributed by atoms with Gasteiger partial charge in [-0.25, -0.2) is 4.99 Å². The molecular weight excluding hydrogens is 578 g/mol. The Morgan fingerprint density at radius 1 is 0.933 bits per heavy atom. The van der Waals surface area contributed by atoms with Crippen molar-refractivity contribution in [2.45, 2.75) is 121 Å². The van der Waals surface area contributed by atoms with Crippen LogP contribution in [0.15, 0.2) is 30.5 Å². The normalized spacial score (nSPS) is 30.1. The van der Waals surface area contributed by atoms with Gasteiger partial charge in [0.2, 0.25) is 29.4 Å². The number of carbonyl (C=O) groups excluding carboxylic acids is 4. The van der Waals surface area contributed by atoms with Crippen LogP contribution in [0.1, 0.15) is 90.5 Å². The average molecular weight is 626 g/mol. The first-order valence-electron chi connectivity index (χ1n) is 16.5. The van der Waals surface area contributed by atoms with E-state index in [1.807, 2.05) is 38.1 Å². The number of para-hydroxylation sites is 1. The van der Waals surface area contributed by atoms with E-state index in [1.165, 1.54) is 4.73 Å². The van der Waals surface area contributed by atoms with E-state index in [-0.39, 0.29) is 24.2 Å². The first-order valence-corrected chi connectivity index (χ1v) is 16.5. The fourth-order valence-electron chi connectivity index (χ4n) is 6.58. The van der Waals surface area contributed by atoms with Gasteiger partial charge in [0, 0.05) is 24.8 Å². The molecule has 1 aromatic carbocycles. The summed E-state index contributed by atoms with van der Waals surface area (Å²) in [7, 11) is 0. The minimum Gasteiger partial charge on any atom is -0.363 e. The fraction of sp³-hybridized carbons (Fsp3) is 0.636. The van der Waals surface area contributed by atoms with Crippen LogP contribution in [0, 0.1) is 5.92 Å². The van der Waals surface area contributed by atoms with Crippen molar-refractivity contribution >= 4 is 34.5 Å². The van der Waals surface area contributed by atoms with Crippen LogP contribution in [0.2, 0.25) is 0 Å². The minimum absolute atomic E-state index is 0.0826. The Morgan fingerprint density at radius 3 is 2.44 bits per heavy atom. The minimum atomic E-state index is -1.53. The number of benzene rings is 1. The van der Waals surface area contributed by atoms with Crippen LogP contribution in [-0.4, -0.2) is 74.9 Å². The van der Waals surface area contributed by atoms with Gasteiger partial charge in [0.25, 0.3) is 0 Å². The number of nitrogens with zero attached hydrogens (tertiary/aromatic N) is 2. The first kappa shape index (κ1) is 32.7. The smallest absolute Gasteiger partial charge is 0.246 e. The van der Waals surface area contributed by atoms with E-state index in [2.05, 4.69) is 16.0 Å². The lowest BCUT2D eigenvalue weighted by Crippen LogP contribution is -2.64. The molecule has 3 aliphatic heterocycles. The Balaban J connectivity index is 1.56. The number of rotatable bonds is 2. The summed E-state index contributed by atoms with van der Waals surface area (Å²) in [6.07, 6.45) is 8.00. The van der Waals surface area contributed by atoms with Crippen LogP contribution in [0.4, 0.5) is 0 Å². The predicted octanol–water partition coefficient (Wildman–Crippen LogP) is 2.50. The van der Waals surface area contributed by atoms with Gasteiger partial charge in [-0.15, -0.1) is 4.89 Å². The Morgan fingerprint density at radius 2 is 1.64 bits per heavy atom. The number of amides is 4. The van der Waals surface area contributed by atoms with E-state index in [0.717, 1.165) is 31.1 Å². The highest BCUT2D eigenvalue weighted by Gasteiger charge is 2.41. The SMILES string of the molecule is CCC(C)[C@@H]1NC(=O)[C@@H]2Cc3cn(c4ccccc34)OOC(C)(O)CCCCCC[C@H](NC(=O)[C@H]3CCCCN3C1=O)C(=O)N2. The van der Waals surface area contributed by atoms with Crippen LogP contribution in [-0.2, 0) is 30.5 Å². The number of aromatic nitrogens is 1. The molecule has 4 amide bonds. The second-order valence-electron chi connectivity index (χ2n) is 13.0. The molecule has 5 rings (SSSR count). The van der Waals surface area contributed by atoms with Gasteiger partial charge in [-0.05, 0) is 56.6 Å². The quantitative estimate of drug-likeness (QED) is 0.375. The molecule has 12 heteroatoms. The molecule has 45 heavy (non-hydrogen) atoms. The summed E-state index contributed by atoms with van der Waals surface area (Å²) in [5, 5.41) is 20.4. The van der Waals surface area contributed by atoms with E-state index in [9.17, 15) is 24.3 Å². The molecule has 0 aliphatic carbocycles. The molecule has 1 aromatic heterocycles. The molecule has 3 aliphatic rings. The summed E-state index contributed by atoms with van der Waals surface area (Å²) >= 11 is 0. The summed E-state index contributed by atoms with van der Waals surface area (Å²) in [4.78, 5) is 68.4. The third-order valence-corrected chi connectivity index (χ3v) is 9.50. The van der Waals surface area contributed by atoms with E-state index in [0.29, 0.717) is 56.1 Å². The van der Waals surface area contributed by atoms with Crippen LogP contribution in [0.5, 0.6) is 0 Å². The molecule has 4 bridgehead atoms. The van der Waals surface area contributed by atoms with E-state index < -0.39 is 41.8 Å². The van der Waals surface area contributed by atoms with Gasteiger partial charge in [-0.1, -0.05) is 57.7 Å². The van der Waals surface area contributed by atoms with Crippen molar-refractivity contribution < 1.29 is 34.2 Å². The van der Waals surface area contributed by atoms with Gasteiger partial charge in [-0.2, -0.15) is 4.73 Å². The van der Waals surface area contributed by atoms with Crippen molar-refractivity contribution in [3.63, 3.8) is 0 Å². The summed E-state index contributed by atoms with van der Waals surface area (Å²) < 4.78 is 1.40. The van der Waals surface area contributed by atoms with Gasteiger partial charge in [0.05, 0.1) is 11.7 Å². The number of piperidine rings is 1. The molecule has 0 radical (unpaired) electrons. The standard InChI is InChI=1S/C33H47N5O7/c1-4-21(2)28-32(42)37-18-12-10-16-27(37)31(41)34-24-14-7-5-6-11-17-33(3,43)44-45-38-20-22(23-13-8-9-15-26(23)38)19-25(30(40)36-28)35-29(24)39/h8-9,13,15,20-21,24-25,27-28,43H,4-7,10-12,14,16-19H2,1-3H3,(H,34,41)(H,35,39)(H,36,40)/t21?,24-,25-,27+,28-,33?/m0/s1. The van der Waals surface area contributed by atoms with E-state index in [4.69, 9.17) is 9.88 Å². The Kier molecular flexibility index (Phi) is 10.3. The maximum absolute atomic E-state index is 14.1. The topological polar surface area (TPSA) is 151 Å². The monoisotopic (exact) mass is 625 g/mol. The zero-order valence-electron chi connectivity index (χ0n) is 26.5. The van der Waals surface area contributed by atoms with Gasteiger partial charge >= 0.3 is 0 Å². The van der Waals surface area contributed by atoms with E-state index in [1.54, 1.807) is 18.0 Å². The summed E-state index contributed by atoms with van der Waals surface area (Å²) in [5.74, 6) is -3.26. The molecule has 2 unspecified atom stereocenters. The third kappa shape index (κ3) is 7.61. The molecule has 2 fully saturated rings. The number of hydrogen-bond donors (Lipinski definition) is 4. The second-order valence-corrected chi connectivity index (χ2v) is 13.0. The van der Waals surface area contributed by atoms with Crippen molar-refractivity contribution in [1.82, 2.24) is 25.6 Å². The maximum Gasteiger partial charge on any atom is 0.246 e. The van der Waals surface area contributed by atoms with Gasteiger partial charge in [-0.3, -0.25) is 19.2 Å². The van der Waals surface area contributed by atoms with Gasteiger partial charge in [0.1, 0.15) is 24.2 Å². The van der Waals surface area contributed by atoms with Crippen LogP contribution < -0.4 is 20.9 Å². The highest BCUT2D eigenvalue weighted by Crippen LogP contribution is 2.26. The van der Waals surface area contributed by atoms with Gasteiger partial charge < -0.3 is 26.0 Å². The Bertz CT molecular complexity index is 1390. The summed E-state index contributed by atoms with van der Waals surface area (Å²) in [6, 6.07) is 3.92. The third-order valence-electron chi connectivity index (χ3n) is 9.50. The second kappa shape index (κ2) is 14.2. The largest absolute Gasteiger partial charge is 0.363 e. The highest BCUT2D eigenvalue weighted by molar-refractivity contribution is 5.98. The average Bonchev–Trinajstić information content (AvgIpc) is 3.38. The zero-order valence-corrected chi connectivity index (χ0v) is 26.5. The molecular formula is C33H47N5O7. The summed E-state index contributed by atoms with van der Waals surface area (Å²) in [5.41, 5.74) is 1.34. The first-order chi connectivity index (χ1) is 21.6. The number of nitrogens with one attached hydrogen (secondary N) is 3. The lowest BCUT2D eigenvalue weighted by Gasteiger charge is -2.39. The lowest BCUT2D eigenvalue weighted by atomic mass is 9.93. The lowest BCUT2D eigenvalue weighted by molar-refractivity contribution is -0.410. The number of fused-ring (bicyclic) bond motifs is 9. The Labute approximate surface area is 264 Å². The molecule has 2 aromatic rings. The van der Waals surface area contributed by atoms with Crippen LogP contribution in [0.25, 0.3) is 10.9 Å². The number of hydrogen-bond acceptors (Lipinski definition) is 7. The van der Waals surface area contributed by atoms with Gasteiger partial charge in [0.15, 0.2) is 0 Å². The van der Waals surface area contributed by atoms with Crippen molar-refractivity contribution in [3.05, 3.63) is 36.0 Å². The molecule has 4 heterocycles. The molecule has 246 valence electrons. The predicted molar refractivity (Wildman–Crippen MR) is 166 cm³/mol. The maximum atomic E-state index is 14.1. The van der Waals surface area contributed by atoms with Crippen LogP contribution in [0.3, 0.4) is 0 Å². The molecule has 6 atom stereocenters. The molecule has 0 spiro atoms. The number of carbonyl (C=O) groups is 4. The molecule has 2 saturated heterocycles. The molecule has 4 N–H and O–H groups in total.